The zero-order chi connectivity index (χ0) is 23.8. The minimum Gasteiger partial charge on any atom is -0.391 e. The molecule has 1 amide bonds. The minimum absolute atomic E-state index is 0.0186. The van der Waals surface area contributed by atoms with Gasteiger partial charge in [-0.15, -0.1) is 12.3 Å². The van der Waals surface area contributed by atoms with E-state index in [0.29, 0.717) is 13.0 Å². The number of nitrogens with one attached hydrogen (secondary N) is 1. The summed E-state index contributed by atoms with van der Waals surface area (Å²) in [4.78, 5) is 14.4. The number of nitrogens with zero attached hydrogens (tertiary/aromatic N) is 2. The lowest BCUT2D eigenvalue weighted by molar-refractivity contribution is -0.123. The smallest absolute Gasteiger partial charge is 0.222 e. The zero-order valence-corrected chi connectivity index (χ0v) is 20.4. The van der Waals surface area contributed by atoms with E-state index in [9.17, 15) is 14.1 Å². The molecule has 1 aliphatic rings. The van der Waals surface area contributed by atoms with Crippen LogP contribution in [0.4, 0.5) is 0 Å². The molecule has 178 valence electrons. The third-order valence-corrected chi connectivity index (χ3v) is 7.57. The number of benzene rings is 2. The van der Waals surface area contributed by atoms with E-state index >= 15 is 0 Å². The lowest BCUT2D eigenvalue weighted by atomic mass is 9.96. The molecule has 1 aliphatic heterocycles. The monoisotopic (exact) mass is 469 g/mol. The Hall–Kier alpha value is -2.24. The maximum absolute atomic E-state index is 12.4. The number of carbonyl (C=O) groups excluding carboxylic acids is 1. The lowest BCUT2D eigenvalue weighted by Gasteiger charge is -2.40. The SMILES string of the molecule is C#CCCNC(=O)CC(O)CN(C1CCN(C(C)c2cccc3ccccc23)CC1)S(C)=O. The van der Waals surface area contributed by atoms with Crippen LogP contribution in [-0.2, 0) is 15.8 Å². The highest BCUT2D eigenvalue weighted by molar-refractivity contribution is 7.81. The number of hydrogen-bond acceptors (Lipinski definition) is 4. The van der Waals surface area contributed by atoms with Gasteiger partial charge in [0, 0.05) is 50.9 Å². The summed E-state index contributed by atoms with van der Waals surface area (Å²) >= 11 is 0. The van der Waals surface area contributed by atoms with Crippen molar-refractivity contribution in [1.82, 2.24) is 14.5 Å². The van der Waals surface area contributed by atoms with Crippen molar-refractivity contribution < 1.29 is 14.1 Å². The number of rotatable bonds is 10. The average Bonchev–Trinajstić information content (AvgIpc) is 2.82. The Morgan fingerprint density at radius 2 is 1.97 bits per heavy atom. The second-order valence-corrected chi connectivity index (χ2v) is 10.0. The van der Waals surface area contributed by atoms with Crippen LogP contribution in [0.3, 0.4) is 0 Å². The molecule has 0 spiro atoms. The minimum atomic E-state index is -1.22. The number of fused-ring (bicyclic) bond motifs is 1. The van der Waals surface area contributed by atoms with Gasteiger partial charge in [-0.25, -0.2) is 8.51 Å². The highest BCUT2D eigenvalue weighted by atomic mass is 32.2. The number of carbonyl (C=O) groups is 1. The molecule has 2 aromatic rings. The summed E-state index contributed by atoms with van der Waals surface area (Å²) in [6, 6.07) is 15.3. The third-order valence-electron chi connectivity index (χ3n) is 6.46. The van der Waals surface area contributed by atoms with E-state index in [0.717, 1.165) is 25.9 Å². The molecular formula is C26H35N3O3S. The first-order valence-electron chi connectivity index (χ1n) is 11.6. The largest absolute Gasteiger partial charge is 0.391 e. The van der Waals surface area contributed by atoms with Crippen molar-refractivity contribution in [2.24, 2.45) is 0 Å². The van der Waals surface area contributed by atoms with Crippen molar-refractivity contribution in [2.75, 3.05) is 32.4 Å². The number of aliphatic hydroxyl groups is 1. The molecule has 0 saturated carbocycles. The summed E-state index contributed by atoms with van der Waals surface area (Å²) in [5.74, 6) is 2.23. The molecule has 0 bridgehead atoms. The first-order chi connectivity index (χ1) is 15.9. The molecule has 2 N–H and O–H groups in total. The molecule has 7 heteroatoms. The van der Waals surface area contributed by atoms with Gasteiger partial charge in [0.15, 0.2) is 0 Å². The van der Waals surface area contributed by atoms with Crippen LogP contribution in [0.5, 0.6) is 0 Å². The maximum Gasteiger partial charge on any atom is 0.222 e. The summed E-state index contributed by atoms with van der Waals surface area (Å²) in [5.41, 5.74) is 1.33. The van der Waals surface area contributed by atoms with E-state index in [2.05, 4.69) is 65.5 Å². The van der Waals surface area contributed by atoms with Gasteiger partial charge in [0.2, 0.25) is 5.91 Å². The Morgan fingerprint density at radius 3 is 2.67 bits per heavy atom. The number of piperidine rings is 1. The van der Waals surface area contributed by atoms with E-state index in [1.807, 2.05) is 4.31 Å². The van der Waals surface area contributed by atoms with Gasteiger partial charge in [-0.3, -0.25) is 9.69 Å². The highest BCUT2D eigenvalue weighted by Gasteiger charge is 2.30. The van der Waals surface area contributed by atoms with Crippen molar-refractivity contribution in [3.8, 4) is 12.3 Å². The van der Waals surface area contributed by atoms with Crippen LogP contribution < -0.4 is 5.32 Å². The van der Waals surface area contributed by atoms with Gasteiger partial charge in [0.05, 0.1) is 23.5 Å². The summed E-state index contributed by atoms with van der Waals surface area (Å²) < 4.78 is 14.3. The molecule has 3 unspecified atom stereocenters. The first kappa shape index (κ1) is 25.4. The van der Waals surface area contributed by atoms with Crippen molar-refractivity contribution >= 4 is 27.7 Å². The zero-order valence-electron chi connectivity index (χ0n) is 19.6. The molecule has 3 rings (SSSR count). The van der Waals surface area contributed by atoms with Crippen molar-refractivity contribution in [2.45, 2.75) is 50.8 Å². The van der Waals surface area contributed by atoms with Gasteiger partial charge >= 0.3 is 0 Å². The summed E-state index contributed by atoms with van der Waals surface area (Å²) in [6.07, 6.45) is 8.15. The van der Waals surface area contributed by atoms with Gasteiger partial charge in [-0.2, -0.15) is 0 Å². The predicted octanol–water partition coefficient (Wildman–Crippen LogP) is 2.85. The Bertz CT molecular complexity index is 992. The molecule has 0 radical (unpaired) electrons. The molecule has 2 aromatic carbocycles. The maximum atomic E-state index is 12.4. The summed E-state index contributed by atoms with van der Waals surface area (Å²) in [6.45, 7) is 4.66. The Labute approximate surface area is 199 Å². The molecule has 33 heavy (non-hydrogen) atoms. The number of aliphatic hydroxyl groups excluding tert-OH is 1. The molecule has 3 atom stereocenters. The van der Waals surface area contributed by atoms with E-state index in [1.165, 1.54) is 16.3 Å². The first-order valence-corrected chi connectivity index (χ1v) is 13.1. The van der Waals surface area contributed by atoms with Crippen molar-refractivity contribution in [3.05, 3.63) is 48.0 Å². The van der Waals surface area contributed by atoms with Gasteiger partial charge in [-0.1, -0.05) is 42.5 Å². The third kappa shape index (κ3) is 6.87. The number of amides is 1. The number of terminal acetylenes is 1. The fourth-order valence-electron chi connectivity index (χ4n) is 4.67. The number of likely N-dealkylation sites (tertiary alicyclic amines) is 1. The van der Waals surface area contributed by atoms with Gasteiger partial charge in [0.25, 0.3) is 0 Å². The average molecular weight is 470 g/mol. The summed E-state index contributed by atoms with van der Waals surface area (Å²) in [7, 11) is -1.22. The molecule has 1 heterocycles. The highest BCUT2D eigenvalue weighted by Crippen LogP contribution is 2.31. The predicted molar refractivity (Wildman–Crippen MR) is 135 cm³/mol. The van der Waals surface area contributed by atoms with Crippen LogP contribution in [0.2, 0.25) is 0 Å². The van der Waals surface area contributed by atoms with Crippen LogP contribution in [0.1, 0.15) is 44.2 Å². The van der Waals surface area contributed by atoms with Gasteiger partial charge in [0.1, 0.15) is 0 Å². The topological polar surface area (TPSA) is 72.9 Å². The van der Waals surface area contributed by atoms with Gasteiger partial charge in [-0.05, 0) is 36.1 Å². The Kier molecular flexibility index (Phi) is 9.45. The Balaban J connectivity index is 1.57. The second kappa shape index (κ2) is 12.3. The Morgan fingerprint density at radius 1 is 1.27 bits per heavy atom. The number of hydrogen-bond donors (Lipinski definition) is 2. The lowest BCUT2D eigenvalue weighted by Crippen LogP contribution is -2.48. The van der Waals surface area contributed by atoms with Crippen LogP contribution >= 0.6 is 0 Å². The van der Waals surface area contributed by atoms with E-state index < -0.39 is 17.1 Å². The summed E-state index contributed by atoms with van der Waals surface area (Å²) in [5, 5.41) is 15.7. The van der Waals surface area contributed by atoms with E-state index in [4.69, 9.17) is 6.42 Å². The molecular weight excluding hydrogens is 434 g/mol. The fraction of sp³-hybridized carbons (Fsp3) is 0.500. The van der Waals surface area contributed by atoms with Crippen LogP contribution in [0.15, 0.2) is 42.5 Å². The van der Waals surface area contributed by atoms with Crippen molar-refractivity contribution in [3.63, 3.8) is 0 Å². The van der Waals surface area contributed by atoms with Crippen molar-refractivity contribution in [1.29, 1.82) is 0 Å². The molecule has 6 nitrogen and oxygen atoms in total. The van der Waals surface area contributed by atoms with Gasteiger partial charge < -0.3 is 10.4 Å². The second-order valence-electron chi connectivity index (χ2n) is 8.70. The fourth-order valence-corrected chi connectivity index (χ4v) is 5.68. The molecule has 0 aliphatic carbocycles. The normalized spacial score (nSPS) is 18.0. The molecule has 1 saturated heterocycles. The van der Waals surface area contributed by atoms with E-state index in [-0.39, 0.29) is 31.0 Å². The standard InChI is InChI=1S/C26H35N3O3S/c1-4-5-15-27-26(31)18-23(30)19-29(33(3)32)22-13-16-28(17-14-22)20(2)24-12-8-10-21-9-6-7-11-25(21)24/h1,6-12,20,22-23,30H,5,13-19H2,2-3H3,(H,27,31). The van der Waals surface area contributed by atoms with Crippen LogP contribution in [0.25, 0.3) is 10.8 Å². The van der Waals surface area contributed by atoms with E-state index in [1.54, 1.807) is 6.26 Å². The molecule has 0 aromatic heterocycles. The van der Waals surface area contributed by atoms with Crippen LogP contribution in [-0.4, -0.2) is 69.0 Å². The van der Waals surface area contributed by atoms with Crippen LogP contribution in [0, 0.1) is 12.3 Å². The molecule has 1 fully saturated rings. The quantitative estimate of drug-likeness (QED) is 0.415.